The van der Waals surface area contributed by atoms with Crippen molar-refractivity contribution in [1.29, 1.82) is 0 Å². The van der Waals surface area contributed by atoms with Crippen LogP contribution in [0.2, 0.25) is 0 Å². The van der Waals surface area contributed by atoms with Gasteiger partial charge in [-0.2, -0.15) is 0 Å². The minimum Gasteiger partial charge on any atom is -0.477 e. The molecule has 4 fully saturated rings. The van der Waals surface area contributed by atoms with E-state index in [0.717, 1.165) is 6.92 Å². The monoisotopic (exact) mass is 852 g/mol. The molecule has 4 aliphatic rings. The zero-order valence-electron chi connectivity index (χ0n) is 30.6. The number of carbonyl (C=O) groups is 3. The molecule has 58 heavy (non-hydrogen) atoms. The van der Waals surface area contributed by atoms with Crippen molar-refractivity contribution in [2.24, 2.45) is 0 Å². The Morgan fingerprint density at radius 3 is 1.84 bits per heavy atom. The zero-order valence-corrected chi connectivity index (χ0v) is 30.6. The Hall–Kier alpha value is -2.43. The number of hydrogen-bond donors (Lipinski definition) is 17. The van der Waals surface area contributed by atoms with Gasteiger partial charge in [-0.1, -0.05) is 0 Å². The number of carbonyl (C=O) groups excluding carboxylic acids is 2. The largest absolute Gasteiger partial charge is 0.477 e. The van der Waals surface area contributed by atoms with Crippen LogP contribution < -0.4 is 10.6 Å². The summed E-state index contributed by atoms with van der Waals surface area (Å²) in [5, 5.41) is 161. The second kappa shape index (κ2) is 20.4. The first-order valence-corrected chi connectivity index (χ1v) is 17.9. The van der Waals surface area contributed by atoms with Crippen LogP contribution in [-0.2, 0) is 47.5 Å². The number of hydrogen-bond acceptors (Lipinski definition) is 24. The summed E-state index contributed by atoms with van der Waals surface area (Å²) < 4.78 is 39.1. The van der Waals surface area contributed by atoms with Crippen molar-refractivity contribution in [1.82, 2.24) is 10.6 Å². The molecule has 0 aliphatic carbocycles. The molecular weight excluding hydrogens is 800 g/mol. The molecule has 0 spiro atoms. The van der Waals surface area contributed by atoms with Crippen molar-refractivity contribution >= 4 is 17.8 Å². The second-order valence-electron chi connectivity index (χ2n) is 14.1. The molecule has 0 aromatic heterocycles. The van der Waals surface area contributed by atoms with E-state index in [1.54, 1.807) is 0 Å². The van der Waals surface area contributed by atoms with Gasteiger partial charge in [0.05, 0.1) is 38.6 Å². The van der Waals surface area contributed by atoms with Gasteiger partial charge in [-0.3, -0.25) is 9.59 Å². The first kappa shape index (κ1) is 48.2. The van der Waals surface area contributed by atoms with E-state index in [1.807, 2.05) is 0 Å². The summed E-state index contributed by atoms with van der Waals surface area (Å²) >= 11 is 0. The van der Waals surface area contributed by atoms with Gasteiger partial charge < -0.3 is 120 Å². The maximum Gasteiger partial charge on any atom is 0.364 e. The third-order valence-electron chi connectivity index (χ3n) is 10.1. The van der Waals surface area contributed by atoms with Crippen LogP contribution in [-0.4, -0.2) is 256 Å². The number of ether oxygens (including phenoxy) is 7. The Morgan fingerprint density at radius 2 is 1.29 bits per heavy atom. The van der Waals surface area contributed by atoms with Crippen molar-refractivity contribution in [2.75, 3.05) is 33.0 Å². The number of amides is 2. The van der Waals surface area contributed by atoms with E-state index in [2.05, 4.69) is 10.6 Å². The molecule has 4 saturated heterocycles. The Kier molecular flexibility index (Phi) is 17.0. The third kappa shape index (κ3) is 10.2. The summed E-state index contributed by atoms with van der Waals surface area (Å²) in [5.41, 5.74) is 0. The molecular formula is C31H52N2O25. The van der Waals surface area contributed by atoms with E-state index < -0.39 is 186 Å². The Bertz CT molecular complexity index is 1370. The van der Waals surface area contributed by atoms with Gasteiger partial charge in [-0.25, -0.2) is 4.79 Å². The predicted octanol–water partition coefficient (Wildman–Crippen LogP) is -11.3. The fourth-order valence-corrected chi connectivity index (χ4v) is 7.05. The Balaban J connectivity index is 1.64. The molecule has 4 rings (SSSR count). The average molecular weight is 853 g/mol. The van der Waals surface area contributed by atoms with Crippen LogP contribution in [0.4, 0.5) is 0 Å². The number of nitrogens with one attached hydrogen (secondary N) is 2. The second-order valence-corrected chi connectivity index (χ2v) is 14.1. The lowest BCUT2D eigenvalue weighted by molar-refractivity contribution is -0.395. The lowest BCUT2D eigenvalue weighted by Gasteiger charge is -2.51. The smallest absolute Gasteiger partial charge is 0.364 e. The van der Waals surface area contributed by atoms with Gasteiger partial charge in [-0.15, -0.1) is 0 Å². The molecule has 2 amide bonds. The minimum atomic E-state index is -3.21. The Labute approximate surface area is 327 Å². The topological polar surface area (TPSA) is 443 Å². The standard InChI is InChI=1S/C31H52N2O25/c1-8(39)32-16-19(45)18(44)11(4-35)53-28(16)55-23-12(5-36)54-29(21(47)20(23)46)56-24-13(6-37)52-27(49)22(48)26(24)58-31(30(50)51)2-9(40)15(33-14(42)7-38)25(57-31)17(43)10(41)3-34/h9-13,15-29,34-38,40-41,43-49H,2-7H2,1H3,(H,32,39)(H,33,42)(H,50,51)/t9-,10+,11+,12+,13+,15+,16+,17+,18+,19+,20+,21+,22+,23-,24-,25+,26+,27+,28+,29-,31-/m0/s1. The van der Waals surface area contributed by atoms with Crippen LogP contribution in [0.25, 0.3) is 0 Å². The number of carboxylic acids is 1. The maximum atomic E-state index is 12.9. The molecule has 4 heterocycles. The van der Waals surface area contributed by atoms with E-state index in [4.69, 9.17) is 33.2 Å². The average Bonchev–Trinajstić information content (AvgIpc) is 3.19. The van der Waals surface area contributed by atoms with Gasteiger partial charge in [0.1, 0.15) is 98.1 Å². The number of rotatable bonds is 16. The lowest BCUT2D eigenvalue weighted by Crippen LogP contribution is -2.71. The van der Waals surface area contributed by atoms with Crippen LogP contribution in [0.3, 0.4) is 0 Å². The van der Waals surface area contributed by atoms with Crippen LogP contribution in [0, 0.1) is 0 Å². The predicted molar refractivity (Wildman–Crippen MR) is 176 cm³/mol. The fraction of sp³-hybridized carbons (Fsp3) is 0.903. The lowest BCUT2D eigenvalue weighted by atomic mass is 9.88. The normalized spacial score (nSPS) is 44.5. The third-order valence-corrected chi connectivity index (χ3v) is 10.1. The van der Waals surface area contributed by atoms with Crippen LogP contribution in [0.5, 0.6) is 0 Å². The molecule has 0 radical (unpaired) electrons. The molecule has 21 atom stereocenters. The molecule has 0 bridgehead atoms. The zero-order chi connectivity index (χ0) is 43.4. The van der Waals surface area contributed by atoms with Crippen molar-refractivity contribution in [3.63, 3.8) is 0 Å². The van der Waals surface area contributed by atoms with Gasteiger partial charge in [0.2, 0.25) is 11.8 Å². The number of carboxylic acid groups (broad SMARTS) is 1. The Morgan fingerprint density at radius 1 is 0.707 bits per heavy atom. The van der Waals surface area contributed by atoms with Gasteiger partial charge in [0, 0.05) is 13.3 Å². The molecule has 0 aromatic carbocycles. The van der Waals surface area contributed by atoms with Gasteiger partial charge in [0.15, 0.2) is 18.9 Å². The first-order chi connectivity index (χ1) is 27.3. The number of aliphatic carboxylic acids is 1. The highest BCUT2D eigenvalue weighted by Crippen LogP contribution is 2.39. The van der Waals surface area contributed by atoms with Crippen LogP contribution in [0.15, 0.2) is 0 Å². The summed E-state index contributed by atoms with van der Waals surface area (Å²) in [6, 6.07) is -3.32. The van der Waals surface area contributed by atoms with E-state index in [9.17, 15) is 91.0 Å². The molecule has 4 aliphatic heterocycles. The van der Waals surface area contributed by atoms with E-state index in [-0.39, 0.29) is 0 Å². The highest BCUT2D eigenvalue weighted by molar-refractivity contribution is 5.78. The molecule has 0 saturated carbocycles. The highest BCUT2D eigenvalue weighted by Gasteiger charge is 2.61. The minimum absolute atomic E-state index is 0.735. The summed E-state index contributed by atoms with van der Waals surface area (Å²) in [6.07, 6.45) is -37.2. The van der Waals surface area contributed by atoms with Crippen LogP contribution >= 0.6 is 0 Å². The van der Waals surface area contributed by atoms with Gasteiger partial charge in [0.25, 0.3) is 5.79 Å². The fourth-order valence-electron chi connectivity index (χ4n) is 7.05. The summed E-state index contributed by atoms with van der Waals surface area (Å²) in [7, 11) is 0. The van der Waals surface area contributed by atoms with Gasteiger partial charge >= 0.3 is 5.97 Å². The molecule has 0 aromatic rings. The summed E-state index contributed by atoms with van der Waals surface area (Å²) in [5.74, 6) is -7.19. The van der Waals surface area contributed by atoms with Gasteiger partial charge in [-0.05, 0) is 0 Å². The maximum absolute atomic E-state index is 12.9. The van der Waals surface area contributed by atoms with Crippen molar-refractivity contribution in [3.05, 3.63) is 0 Å². The quantitative estimate of drug-likeness (QED) is 0.0685. The van der Waals surface area contributed by atoms with E-state index in [0.29, 0.717) is 0 Å². The number of aliphatic hydroxyl groups is 14. The van der Waals surface area contributed by atoms with E-state index in [1.165, 1.54) is 0 Å². The molecule has 336 valence electrons. The summed E-state index contributed by atoms with van der Waals surface area (Å²) in [4.78, 5) is 36.8. The van der Waals surface area contributed by atoms with Crippen LogP contribution in [0.1, 0.15) is 13.3 Å². The molecule has 27 heteroatoms. The van der Waals surface area contributed by atoms with E-state index >= 15 is 0 Å². The summed E-state index contributed by atoms with van der Waals surface area (Å²) in [6.45, 7) is -4.23. The van der Waals surface area contributed by atoms with Crippen molar-refractivity contribution in [2.45, 2.75) is 142 Å². The molecule has 0 unspecified atom stereocenters. The molecule has 27 nitrogen and oxygen atoms in total. The molecule has 17 N–H and O–H groups in total. The highest BCUT2D eigenvalue weighted by atomic mass is 16.8. The number of aliphatic hydroxyl groups excluding tert-OH is 14. The van der Waals surface area contributed by atoms with Crippen molar-refractivity contribution < 1.29 is 124 Å². The SMILES string of the molecule is CC(=O)N[C@H]1[C@@H](O[C@@H]2[C@H](O)[C@@H](O)[C@H](O[C@@H]3[C@H](O[C@]4(C(=O)O)C[C@H](O)[C@@H](NC(=O)CO)[C@H]([C@H](O)[C@H](O)CO)O4)[C@@H](O)[C@H](O)O[C@@H]3CO)O[C@@H]2CO)O[C@H](CO)[C@@H](O)[C@@H]1O. The first-order valence-electron chi connectivity index (χ1n) is 17.9. The van der Waals surface area contributed by atoms with Crippen molar-refractivity contribution in [3.8, 4) is 0 Å².